The first-order valence-corrected chi connectivity index (χ1v) is 15.3. The molecule has 0 aromatic heterocycles. The zero-order valence-corrected chi connectivity index (χ0v) is 22.5. The van der Waals surface area contributed by atoms with Crippen molar-refractivity contribution < 1.29 is 14.0 Å². The third-order valence-electron chi connectivity index (χ3n) is 6.22. The van der Waals surface area contributed by atoms with E-state index in [1.165, 1.54) is 10.4 Å². The third-order valence-corrected chi connectivity index (χ3v) is 10.5. The number of hydrogen-bond acceptors (Lipinski definition) is 4. The summed E-state index contributed by atoms with van der Waals surface area (Å²) in [4.78, 5) is 11.8. The van der Waals surface area contributed by atoms with E-state index < -0.39 is 8.32 Å². The van der Waals surface area contributed by atoms with Gasteiger partial charge in [-0.1, -0.05) is 111 Å². The van der Waals surface area contributed by atoms with Crippen LogP contribution in [-0.4, -0.2) is 40.7 Å². The maximum atomic E-state index is 11.8. The van der Waals surface area contributed by atoms with Gasteiger partial charge in [0.25, 0.3) is 8.32 Å². The fourth-order valence-corrected chi connectivity index (χ4v) is 8.48. The lowest BCUT2D eigenvalue weighted by Crippen LogP contribution is -2.61. The highest BCUT2D eigenvalue weighted by Crippen LogP contribution is 2.17. The molecule has 0 aliphatic carbocycles. The van der Waals surface area contributed by atoms with Gasteiger partial charge in [0.05, 0.1) is 0 Å². The number of nitrogens with one attached hydrogen (secondary N) is 2. The molecule has 192 valence electrons. The molecule has 3 rings (SSSR count). The first-order valence-electron chi connectivity index (χ1n) is 13.1. The summed E-state index contributed by atoms with van der Waals surface area (Å²) in [5, 5.41) is 8.98. The molecule has 6 heteroatoms. The number of rotatable bonds is 16. The zero-order chi connectivity index (χ0) is 25.3. The molecule has 1 amide bonds. The third kappa shape index (κ3) is 8.93. The molecule has 0 fully saturated rings. The van der Waals surface area contributed by atoms with Crippen LogP contribution in [0.25, 0.3) is 0 Å². The summed E-state index contributed by atoms with van der Waals surface area (Å²) in [6.45, 7) is 5.59. The minimum Gasteiger partial charge on any atom is -0.445 e. The van der Waals surface area contributed by atoms with Crippen LogP contribution >= 0.6 is 0 Å². The molecule has 0 bridgehead atoms. The Bertz CT molecular complexity index is 947. The summed E-state index contributed by atoms with van der Waals surface area (Å²) >= 11 is 0. The number of alkyl carbamates (subject to hydrolysis) is 1. The van der Waals surface area contributed by atoms with Gasteiger partial charge >= 0.3 is 6.09 Å². The van der Waals surface area contributed by atoms with Crippen molar-refractivity contribution in [2.45, 2.75) is 45.3 Å². The molecular weight excluding hydrogens is 464 g/mol. The molecule has 0 heterocycles. The lowest BCUT2D eigenvalue weighted by atomic mass is 10.2. The highest BCUT2D eigenvalue weighted by Gasteiger charge is 2.38. The summed E-state index contributed by atoms with van der Waals surface area (Å²) in [7, 11) is -2.28. The SMILES string of the molecule is CCCC[Si](OCCCNCCCNC(=O)OCc1ccccc1)(c1ccccc1)c1ccccc1. The number of benzene rings is 3. The number of amides is 1. The van der Waals surface area contributed by atoms with Gasteiger partial charge in [-0.2, -0.15) is 0 Å². The Morgan fingerprint density at radius 3 is 1.94 bits per heavy atom. The average Bonchev–Trinajstić information content (AvgIpc) is 2.94. The number of ether oxygens (including phenoxy) is 1. The summed E-state index contributed by atoms with van der Waals surface area (Å²) in [6, 6.07) is 32.4. The van der Waals surface area contributed by atoms with Gasteiger partial charge in [-0.3, -0.25) is 0 Å². The number of carbonyl (C=O) groups excluding carboxylic acids is 1. The highest BCUT2D eigenvalue weighted by atomic mass is 28.4. The molecular formula is C30H40N2O3Si. The van der Waals surface area contributed by atoms with Gasteiger partial charge in [0, 0.05) is 13.2 Å². The fourth-order valence-electron chi connectivity index (χ4n) is 4.28. The van der Waals surface area contributed by atoms with E-state index >= 15 is 0 Å². The van der Waals surface area contributed by atoms with Crippen LogP contribution in [0.1, 0.15) is 38.2 Å². The van der Waals surface area contributed by atoms with Gasteiger partial charge < -0.3 is 19.8 Å². The van der Waals surface area contributed by atoms with Crippen molar-refractivity contribution in [3.05, 3.63) is 96.6 Å². The minimum absolute atomic E-state index is 0.292. The predicted molar refractivity (Wildman–Crippen MR) is 150 cm³/mol. The molecule has 2 N–H and O–H groups in total. The van der Waals surface area contributed by atoms with Crippen molar-refractivity contribution in [1.29, 1.82) is 0 Å². The highest BCUT2D eigenvalue weighted by molar-refractivity contribution is 6.97. The Morgan fingerprint density at radius 2 is 1.33 bits per heavy atom. The minimum atomic E-state index is -2.28. The van der Waals surface area contributed by atoms with Crippen LogP contribution in [-0.2, 0) is 15.8 Å². The summed E-state index contributed by atoms with van der Waals surface area (Å²) < 4.78 is 12.1. The molecule has 3 aromatic rings. The molecule has 0 saturated heterocycles. The van der Waals surface area contributed by atoms with Gasteiger partial charge in [0.2, 0.25) is 0 Å². The van der Waals surface area contributed by atoms with E-state index in [1.54, 1.807) is 0 Å². The molecule has 0 radical (unpaired) electrons. The van der Waals surface area contributed by atoms with Crippen molar-refractivity contribution in [2.24, 2.45) is 0 Å². The van der Waals surface area contributed by atoms with Crippen LogP contribution in [0.4, 0.5) is 4.79 Å². The quantitative estimate of drug-likeness (QED) is 0.216. The molecule has 5 nitrogen and oxygen atoms in total. The molecule has 0 aliphatic rings. The molecule has 0 spiro atoms. The van der Waals surface area contributed by atoms with E-state index in [9.17, 15) is 4.79 Å². The van der Waals surface area contributed by atoms with Crippen LogP contribution in [0.5, 0.6) is 0 Å². The van der Waals surface area contributed by atoms with Crippen LogP contribution in [0.3, 0.4) is 0 Å². The Kier molecular flexibility index (Phi) is 12.2. The predicted octanol–water partition coefficient (Wildman–Crippen LogP) is 4.86. The van der Waals surface area contributed by atoms with Gasteiger partial charge in [-0.25, -0.2) is 4.79 Å². The second-order valence-electron chi connectivity index (χ2n) is 8.96. The van der Waals surface area contributed by atoms with Gasteiger partial charge in [0.1, 0.15) is 6.61 Å². The van der Waals surface area contributed by atoms with E-state index in [1.807, 2.05) is 30.3 Å². The molecule has 36 heavy (non-hydrogen) atoms. The lowest BCUT2D eigenvalue weighted by Gasteiger charge is -2.33. The standard InChI is InChI=1S/C30H40N2O3Si/c1-2-3-25-36(28-17-9-5-10-18-28,29-19-11-6-12-20-29)35-24-14-22-31-21-13-23-32-30(33)34-26-27-15-7-4-8-16-27/h4-12,15-20,31H,2-3,13-14,21-26H2,1H3,(H,32,33). The number of unbranched alkanes of at least 4 members (excludes halogenated alkanes) is 1. The second kappa shape index (κ2) is 15.9. The topological polar surface area (TPSA) is 59.6 Å². The molecule has 0 atom stereocenters. The van der Waals surface area contributed by atoms with Gasteiger partial charge in [-0.15, -0.1) is 0 Å². The molecule has 3 aromatic carbocycles. The summed E-state index contributed by atoms with van der Waals surface area (Å²) in [5.41, 5.74) is 0.984. The van der Waals surface area contributed by atoms with Crippen molar-refractivity contribution in [3.63, 3.8) is 0 Å². The zero-order valence-electron chi connectivity index (χ0n) is 21.5. The van der Waals surface area contributed by atoms with Crippen molar-refractivity contribution in [3.8, 4) is 0 Å². The van der Waals surface area contributed by atoms with E-state index in [2.05, 4.69) is 78.2 Å². The normalized spacial score (nSPS) is 11.2. The van der Waals surface area contributed by atoms with Crippen LogP contribution < -0.4 is 21.0 Å². The maximum Gasteiger partial charge on any atom is 0.407 e. The Morgan fingerprint density at radius 1 is 0.750 bits per heavy atom. The van der Waals surface area contributed by atoms with E-state index in [0.717, 1.165) is 57.0 Å². The number of carbonyl (C=O) groups is 1. The first-order chi connectivity index (χ1) is 17.7. The van der Waals surface area contributed by atoms with Crippen LogP contribution in [0.15, 0.2) is 91.0 Å². The average molecular weight is 505 g/mol. The summed E-state index contributed by atoms with van der Waals surface area (Å²) in [6.07, 6.45) is 3.75. The maximum absolute atomic E-state index is 11.8. The Balaban J connectivity index is 1.38. The largest absolute Gasteiger partial charge is 0.445 e. The fraction of sp³-hybridized carbons (Fsp3) is 0.367. The molecule has 0 aliphatic heterocycles. The monoisotopic (exact) mass is 504 g/mol. The smallest absolute Gasteiger partial charge is 0.407 e. The van der Waals surface area contributed by atoms with Crippen LogP contribution in [0.2, 0.25) is 6.04 Å². The molecule has 0 saturated carbocycles. The van der Waals surface area contributed by atoms with Gasteiger partial charge in [0.15, 0.2) is 0 Å². The van der Waals surface area contributed by atoms with Crippen molar-refractivity contribution in [2.75, 3.05) is 26.2 Å². The Labute approximate surface area is 217 Å². The molecule has 0 unspecified atom stereocenters. The second-order valence-corrected chi connectivity index (χ2v) is 12.6. The van der Waals surface area contributed by atoms with E-state index in [0.29, 0.717) is 13.2 Å². The lowest BCUT2D eigenvalue weighted by molar-refractivity contribution is 0.139. The number of hydrogen-bond donors (Lipinski definition) is 2. The van der Waals surface area contributed by atoms with Crippen LogP contribution in [0, 0.1) is 0 Å². The van der Waals surface area contributed by atoms with Gasteiger partial charge in [-0.05, 0) is 47.9 Å². The van der Waals surface area contributed by atoms with E-state index in [4.69, 9.17) is 9.16 Å². The Hall–Kier alpha value is -2.93. The van der Waals surface area contributed by atoms with Crippen molar-refractivity contribution >= 4 is 24.8 Å². The van der Waals surface area contributed by atoms with E-state index in [-0.39, 0.29) is 6.09 Å². The summed E-state index contributed by atoms with van der Waals surface area (Å²) in [5.74, 6) is 0. The van der Waals surface area contributed by atoms with Crippen molar-refractivity contribution in [1.82, 2.24) is 10.6 Å². The first kappa shape index (κ1) is 27.7.